The van der Waals surface area contributed by atoms with E-state index in [0.29, 0.717) is 28.9 Å². The fourth-order valence-electron chi connectivity index (χ4n) is 3.11. The molecule has 0 bridgehead atoms. The Kier molecular flexibility index (Phi) is 6.89. The smallest absolute Gasteiger partial charge is 0.270 e. The Balaban J connectivity index is 1.34. The van der Waals surface area contributed by atoms with Gasteiger partial charge in [-0.15, -0.1) is 11.3 Å². The standard InChI is InChI=1S/C22H20Cl2N2O3S/c23-16-6-3-15(19(24)10-16)12-29-17-7-4-14(5-8-17)22-26-20(13-30-22)21(27)25-11-18-2-1-9-28-18/h3-8,10,13,18H,1-2,9,11-12H2,(H,25,27)/t18-/m1/s1. The highest BCUT2D eigenvalue weighted by Crippen LogP contribution is 2.27. The minimum atomic E-state index is -0.173. The molecule has 0 spiro atoms. The summed E-state index contributed by atoms with van der Waals surface area (Å²) < 4.78 is 11.3. The highest BCUT2D eigenvalue weighted by Gasteiger charge is 2.18. The molecule has 0 saturated carbocycles. The minimum absolute atomic E-state index is 0.113. The summed E-state index contributed by atoms with van der Waals surface area (Å²) in [6.45, 7) is 1.64. The normalized spacial score (nSPS) is 15.9. The number of hydrogen-bond donors (Lipinski definition) is 1. The molecule has 1 amide bonds. The monoisotopic (exact) mass is 462 g/mol. The van der Waals surface area contributed by atoms with Crippen LogP contribution in [0.1, 0.15) is 28.9 Å². The summed E-state index contributed by atoms with van der Waals surface area (Å²) in [7, 11) is 0. The molecule has 0 radical (unpaired) electrons. The summed E-state index contributed by atoms with van der Waals surface area (Å²) in [4.78, 5) is 16.8. The van der Waals surface area contributed by atoms with Gasteiger partial charge in [0.25, 0.3) is 5.91 Å². The first-order valence-electron chi connectivity index (χ1n) is 9.61. The summed E-state index contributed by atoms with van der Waals surface area (Å²) >= 11 is 13.5. The third kappa shape index (κ3) is 5.32. The molecule has 1 aliphatic rings. The predicted octanol–water partition coefficient (Wildman–Crippen LogP) is 5.60. The molecule has 2 aromatic carbocycles. The zero-order valence-electron chi connectivity index (χ0n) is 16.1. The second-order valence-electron chi connectivity index (χ2n) is 6.93. The number of rotatable bonds is 7. The van der Waals surface area contributed by atoms with Crippen LogP contribution in [-0.4, -0.2) is 30.1 Å². The maximum absolute atomic E-state index is 12.3. The van der Waals surface area contributed by atoms with Crippen molar-refractivity contribution in [2.24, 2.45) is 0 Å². The van der Waals surface area contributed by atoms with Gasteiger partial charge in [-0.2, -0.15) is 0 Å². The molecular formula is C22H20Cl2N2O3S. The van der Waals surface area contributed by atoms with Gasteiger partial charge in [0.05, 0.1) is 6.10 Å². The number of nitrogens with zero attached hydrogens (tertiary/aromatic N) is 1. The molecule has 8 heteroatoms. The lowest BCUT2D eigenvalue weighted by atomic mass is 10.2. The Morgan fingerprint density at radius 3 is 2.80 bits per heavy atom. The molecule has 0 aliphatic carbocycles. The Labute approximate surface area is 188 Å². The molecule has 3 aromatic rings. The van der Waals surface area contributed by atoms with Crippen LogP contribution in [0.15, 0.2) is 47.8 Å². The average molecular weight is 463 g/mol. The molecule has 2 heterocycles. The first-order chi connectivity index (χ1) is 14.6. The average Bonchev–Trinajstić information content (AvgIpc) is 3.44. The number of nitrogens with one attached hydrogen (secondary N) is 1. The molecule has 1 aromatic heterocycles. The van der Waals surface area contributed by atoms with E-state index in [-0.39, 0.29) is 12.0 Å². The second kappa shape index (κ2) is 9.79. The van der Waals surface area contributed by atoms with E-state index in [4.69, 9.17) is 32.7 Å². The molecule has 1 fully saturated rings. The second-order valence-corrected chi connectivity index (χ2v) is 8.63. The summed E-state index contributed by atoms with van der Waals surface area (Å²) in [6, 6.07) is 12.9. The minimum Gasteiger partial charge on any atom is -0.489 e. The summed E-state index contributed by atoms with van der Waals surface area (Å²) in [6.07, 6.45) is 2.15. The number of carbonyl (C=O) groups excluding carboxylic acids is 1. The van der Waals surface area contributed by atoms with Crippen molar-refractivity contribution < 1.29 is 14.3 Å². The fourth-order valence-corrected chi connectivity index (χ4v) is 4.38. The molecule has 30 heavy (non-hydrogen) atoms. The Morgan fingerprint density at radius 2 is 2.07 bits per heavy atom. The number of carbonyl (C=O) groups is 1. The third-order valence-corrected chi connectivity index (χ3v) is 6.24. The summed E-state index contributed by atoms with van der Waals surface area (Å²) in [5.41, 5.74) is 2.21. The molecule has 5 nitrogen and oxygen atoms in total. The lowest BCUT2D eigenvalue weighted by Gasteiger charge is -2.09. The van der Waals surface area contributed by atoms with E-state index >= 15 is 0 Å². The summed E-state index contributed by atoms with van der Waals surface area (Å²) in [5.74, 6) is 0.545. The molecule has 1 aliphatic heterocycles. The molecular weight excluding hydrogens is 443 g/mol. The van der Waals surface area contributed by atoms with Crippen LogP contribution in [0, 0.1) is 0 Å². The fraction of sp³-hybridized carbons (Fsp3) is 0.273. The number of hydrogen-bond acceptors (Lipinski definition) is 5. The van der Waals surface area contributed by atoms with Crippen LogP contribution < -0.4 is 10.1 Å². The van der Waals surface area contributed by atoms with E-state index in [1.165, 1.54) is 11.3 Å². The summed E-state index contributed by atoms with van der Waals surface area (Å²) in [5, 5.41) is 6.62. The molecule has 0 unspecified atom stereocenters. The van der Waals surface area contributed by atoms with Gasteiger partial charge >= 0.3 is 0 Å². The van der Waals surface area contributed by atoms with Crippen molar-refractivity contribution in [1.29, 1.82) is 0 Å². The highest BCUT2D eigenvalue weighted by atomic mass is 35.5. The van der Waals surface area contributed by atoms with Crippen molar-refractivity contribution in [2.45, 2.75) is 25.6 Å². The Morgan fingerprint density at radius 1 is 1.23 bits per heavy atom. The van der Waals surface area contributed by atoms with Gasteiger partial charge in [0.1, 0.15) is 23.1 Å². The van der Waals surface area contributed by atoms with Crippen LogP contribution in [0.25, 0.3) is 10.6 Å². The Bertz CT molecular complexity index is 1020. The first-order valence-corrected chi connectivity index (χ1v) is 11.2. The zero-order valence-corrected chi connectivity index (χ0v) is 18.4. The quantitative estimate of drug-likeness (QED) is 0.495. The number of amides is 1. The lowest BCUT2D eigenvalue weighted by molar-refractivity contribution is 0.0854. The Hall–Kier alpha value is -2.12. The van der Waals surface area contributed by atoms with Gasteiger partial charge in [0.2, 0.25) is 0 Å². The zero-order chi connectivity index (χ0) is 20.9. The van der Waals surface area contributed by atoms with Crippen LogP contribution in [-0.2, 0) is 11.3 Å². The van der Waals surface area contributed by atoms with Gasteiger partial charge in [0, 0.05) is 39.7 Å². The van der Waals surface area contributed by atoms with E-state index in [0.717, 1.165) is 41.3 Å². The first kappa shape index (κ1) is 21.1. The maximum Gasteiger partial charge on any atom is 0.270 e. The van der Waals surface area contributed by atoms with Gasteiger partial charge in [-0.25, -0.2) is 4.98 Å². The van der Waals surface area contributed by atoms with Crippen molar-refractivity contribution in [2.75, 3.05) is 13.2 Å². The molecule has 1 atom stereocenters. The van der Waals surface area contributed by atoms with E-state index in [9.17, 15) is 4.79 Å². The van der Waals surface area contributed by atoms with Gasteiger partial charge in [-0.1, -0.05) is 29.3 Å². The van der Waals surface area contributed by atoms with Crippen molar-refractivity contribution >= 4 is 40.4 Å². The third-order valence-electron chi connectivity index (χ3n) is 4.76. The van der Waals surface area contributed by atoms with Crippen molar-refractivity contribution in [3.05, 3.63) is 69.1 Å². The van der Waals surface area contributed by atoms with Gasteiger partial charge in [-0.3, -0.25) is 4.79 Å². The topological polar surface area (TPSA) is 60.5 Å². The van der Waals surface area contributed by atoms with E-state index in [2.05, 4.69) is 10.3 Å². The lowest BCUT2D eigenvalue weighted by Crippen LogP contribution is -2.31. The maximum atomic E-state index is 12.3. The predicted molar refractivity (Wildman–Crippen MR) is 120 cm³/mol. The van der Waals surface area contributed by atoms with E-state index in [1.54, 1.807) is 17.5 Å². The number of aromatic nitrogens is 1. The van der Waals surface area contributed by atoms with Crippen molar-refractivity contribution in [3.8, 4) is 16.3 Å². The number of thiazole rings is 1. The van der Waals surface area contributed by atoms with Gasteiger partial charge in [0.15, 0.2) is 0 Å². The van der Waals surface area contributed by atoms with Crippen molar-refractivity contribution in [3.63, 3.8) is 0 Å². The van der Waals surface area contributed by atoms with Crippen LogP contribution in [0.2, 0.25) is 10.0 Å². The highest BCUT2D eigenvalue weighted by molar-refractivity contribution is 7.13. The van der Waals surface area contributed by atoms with Crippen LogP contribution >= 0.6 is 34.5 Å². The molecule has 156 valence electrons. The SMILES string of the molecule is O=C(NC[C@H]1CCCO1)c1csc(-c2ccc(OCc3ccc(Cl)cc3Cl)cc2)n1. The number of halogens is 2. The molecule has 1 N–H and O–H groups in total. The van der Waals surface area contributed by atoms with Gasteiger partial charge < -0.3 is 14.8 Å². The molecule has 1 saturated heterocycles. The van der Waals surface area contributed by atoms with Crippen LogP contribution in [0.4, 0.5) is 0 Å². The van der Waals surface area contributed by atoms with Gasteiger partial charge in [-0.05, 0) is 49.2 Å². The number of ether oxygens (including phenoxy) is 2. The van der Waals surface area contributed by atoms with Crippen molar-refractivity contribution in [1.82, 2.24) is 10.3 Å². The molecule has 4 rings (SSSR count). The largest absolute Gasteiger partial charge is 0.489 e. The van der Waals surface area contributed by atoms with E-state index in [1.807, 2.05) is 30.3 Å². The van der Waals surface area contributed by atoms with Crippen LogP contribution in [0.3, 0.4) is 0 Å². The van der Waals surface area contributed by atoms with E-state index < -0.39 is 0 Å². The van der Waals surface area contributed by atoms with Crippen LogP contribution in [0.5, 0.6) is 5.75 Å². The number of benzene rings is 2.